The zero-order chi connectivity index (χ0) is 17.7. The molecule has 0 heterocycles. The minimum atomic E-state index is 0.163. The lowest BCUT2D eigenvalue weighted by molar-refractivity contribution is 0.0976. The van der Waals surface area contributed by atoms with Gasteiger partial charge >= 0.3 is 0 Å². The molecule has 1 N–H and O–H groups in total. The van der Waals surface area contributed by atoms with E-state index in [0.717, 1.165) is 38.8 Å². The van der Waals surface area contributed by atoms with Crippen molar-refractivity contribution in [2.75, 3.05) is 19.7 Å². The summed E-state index contributed by atoms with van der Waals surface area (Å²) in [6.07, 6.45) is 4.42. The summed E-state index contributed by atoms with van der Waals surface area (Å²) in [5.41, 5.74) is 1.98. The molecule has 0 amide bonds. The predicted molar refractivity (Wildman–Crippen MR) is 103 cm³/mol. The molecule has 2 aromatic rings. The highest BCUT2D eigenvalue weighted by Gasteiger charge is 2.11. The molecule has 3 nitrogen and oxygen atoms in total. The van der Waals surface area contributed by atoms with Crippen molar-refractivity contribution in [3.05, 3.63) is 65.7 Å². The number of ether oxygens (including phenoxy) is 1. The van der Waals surface area contributed by atoms with E-state index in [1.165, 1.54) is 5.56 Å². The first-order chi connectivity index (χ1) is 12.3. The highest BCUT2D eigenvalue weighted by atomic mass is 16.5. The number of benzene rings is 2. The Morgan fingerprint density at radius 3 is 2.52 bits per heavy atom. The second kappa shape index (κ2) is 11.4. The fourth-order valence-electron chi connectivity index (χ4n) is 2.74. The van der Waals surface area contributed by atoms with Crippen molar-refractivity contribution in [3.63, 3.8) is 0 Å². The van der Waals surface area contributed by atoms with E-state index < -0.39 is 0 Å². The molecule has 0 atom stereocenters. The molecule has 0 aliphatic carbocycles. The number of aryl methyl sites for hydroxylation is 1. The molecule has 0 fully saturated rings. The number of carbonyl (C=O) groups excluding carboxylic acids is 1. The van der Waals surface area contributed by atoms with E-state index >= 15 is 0 Å². The first kappa shape index (κ1) is 19.2. The van der Waals surface area contributed by atoms with Gasteiger partial charge in [-0.3, -0.25) is 4.79 Å². The predicted octanol–water partition coefficient (Wildman–Crippen LogP) is 4.66. The van der Waals surface area contributed by atoms with Crippen LogP contribution >= 0.6 is 0 Å². The van der Waals surface area contributed by atoms with Gasteiger partial charge in [0.15, 0.2) is 5.78 Å². The summed E-state index contributed by atoms with van der Waals surface area (Å²) in [4.78, 5) is 12.5. The van der Waals surface area contributed by atoms with E-state index in [9.17, 15) is 4.79 Å². The molecule has 0 bridgehead atoms. The zero-order valence-corrected chi connectivity index (χ0v) is 15.2. The molecule has 0 aliphatic heterocycles. The Bertz CT molecular complexity index is 625. The minimum absolute atomic E-state index is 0.163. The summed E-state index contributed by atoms with van der Waals surface area (Å²) in [7, 11) is 0. The number of ketones is 1. The van der Waals surface area contributed by atoms with Crippen molar-refractivity contribution >= 4 is 5.78 Å². The Balaban J connectivity index is 1.78. The topological polar surface area (TPSA) is 38.3 Å². The van der Waals surface area contributed by atoms with Crippen molar-refractivity contribution in [1.82, 2.24) is 5.32 Å². The molecular weight excluding hydrogens is 310 g/mol. The van der Waals surface area contributed by atoms with Crippen molar-refractivity contribution < 1.29 is 9.53 Å². The van der Waals surface area contributed by atoms with Crippen LogP contribution in [0.25, 0.3) is 0 Å². The number of carbonyl (C=O) groups is 1. The summed E-state index contributed by atoms with van der Waals surface area (Å²) in [5.74, 6) is 0.873. The van der Waals surface area contributed by atoms with Crippen molar-refractivity contribution in [3.8, 4) is 5.75 Å². The molecular formula is C22H29NO2. The zero-order valence-electron chi connectivity index (χ0n) is 15.2. The largest absolute Gasteiger partial charge is 0.493 e. The van der Waals surface area contributed by atoms with Gasteiger partial charge in [-0.2, -0.15) is 0 Å². The number of hydrogen-bond donors (Lipinski definition) is 1. The van der Waals surface area contributed by atoms with Crippen LogP contribution in [0.4, 0.5) is 0 Å². The third-order valence-electron chi connectivity index (χ3n) is 4.08. The number of rotatable bonds is 12. The van der Waals surface area contributed by atoms with Crippen molar-refractivity contribution in [2.24, 2.45) is 0 Å². The van der Waals surface area contributed by atoms with Gasteiger partial charge in [0.25, 0.3) is 0 Å². The van der Waals surface area contributed by atoms with E-state index in [1.54, 1.807) is 0 Å². The van der Waals surface area contributed by atoms with Gasteiger partial charge in [-0.05, 0) is 56.5 Å². The standard InChI is InChI=1S/C22H29NO2/c1-2-16-23-17-9-18-25-22-15-7-6-13-20(22)21(24)14-8-12-19-10-4-3-5-11-19/h3-7,10-11,13,15,23H,2,8-9,12,14,16-18H2,1H3. The van der Waals surface area contributed by atoms with Gasteiger partial charge in [-0.25, -0.2) is 0 Å². The van der Waals surface area contributed by atoms with Crippen LogP contribution in [0.15, 0.2) is 54.6 Å². The summed E-state index contributed by atoms with van der Waals surface area (Å²) < 4.78 is 5.84. The van der Waals surface area contributed by atoms with Gasteiger partial charge in [-0.15, -0.1) is 0 Å². The average Bonchev–Trinajstić information content (AvgIpc) is 2.65. The number of hydrogen-bond acceptors (Lipinski definition) is 3. The third-order valence-corrected chi connectivity index (χ3v) is 4.08. The molecule has 0 unspecified atom stereocenters. The van der Waals surface area contributed by atoms with Crippen LogP contribution in [0.3, 0.4) is 0 Å². The van der Waals surface area contributed by atoms with Gasteiger partial charge in [0.2, 0.25) is 0 Å². The molecule has 25 heavy (non-hydrogen) atoms. The highest BCUT2D eigenvalue weighted by Crippen LogP contribution is 2.21. The Morgan fingerprint density at radius 1 is 0.960 bits per heavy atom. The van der Waals surface area contributed by atoms with Crippen LogP contribution in [-0.4, -0.2) is 25.5 Å². The summed E-state index contributed by atoms with van der Waals surface area (Å²) in [6, 6.07) is 17.9. The lowest BCUT2D eigenvalue weighted by Crippen LogP contribution is -2.18. The molecule has 0 aliphatic rings. The fourth-order valence-corrected chi connectivity index (χ4v) is 2.74. The van der Waals surface area contributed by atoms with Crippen LogP contribution in [-0.2, 0) is 6.42 Å². The van der Waals surface area contributed by atoms with Crippen molar-refractivity contribution in [1.29, 1.82) is 0 Å². The molecule has 0 saturated heterocycles. The first-order valence-corrected chi connectivity index (χ1v) is 9.31. The number of Topliss-reactive ketones (excluding diaryl/α,β-unsaturated/α-hetero) is 1. The van der Waals surface area contributed by atoms with Gasteiger partial charge in [0.05, 0.1) is 12.2 Å². The maximum atomic E-state index is 12.5. The van der Waals surface area contributed by atoms with Gasteiger partial charge in [0, 0.05) is 6.42 Å². The lowest BCUT2D eigenvalue weighted by atomic mass is 10.0. The molecule has 0 aromatic heterocycles. The smallest absolute Gasteiger partial charge is 0.166 e. The molecule has 0 saturated carbocycles. The SMILES string of the molecule is CCCNCCCOc1ccccc1C(=O)CCCc1ccccc1. The Hall–Kier alpha value is -2.13. The monoisotopic (exact) mass is 339 g/mol. The van der Waals surface area contributed by atoms with Gasteiger partial charge in [-0.1, -0.05) is 49.4 Å². The number of para-hydroxylation sites is 1. The van der Waals surface area contributed by atoms with Crippen molar-refractivity contribution in [2.45, 2.75) is 39.0 Å². The van der Waals surface area contributed by atoms with E-state index in [1.807, 2.05) is 42.5 Å². The Labute approximate surface area is 151 Å². The van der Waals surface area contributed by atoms with Crippen LogP contribution in [0.5, 0.6) is 5.75 Å². The van der Waals surface area contributed by atoms with Gasteiger partial charge in [0.1, 0.15) is 5.75 Å². The van der Waals surface area contributed by atoms with E-state index in [0.29, 0.717) is 24.3 Å². The van der Waals surface area contributed by atoms with Crippen LogP contribution in [0, 0.1) is 0 Å². The molecule has 3 heteroatoms. The third kappa shape index (κ3) is 7.10. The lowest BCUT2D eigenvalue weighted by Gasteiger charge is -2.11. The first-order valence-electron chi connectivity index (χ1n) is 9.31. The Morgan fingerprint density at radius 2 is 1.72 bits per heavy atom. The maximum absolute atomic E-state index is 12.5. The van der Waals surface area contributed by atoms with Crippen LogP contribution in [0.2, 0.25) is 0 Å². The number of nitrogens with one attached hydrogen (secondary N) is 1. The second-order valence-electron chi connectivity index (χ2n) is 6.21. The van der Waals surface area contributed by atoms with Crippen LogP contribution < -0.4 is 10.1 Å². The fraction of sp³-hybridized carbons (Fsp3) is 0.409. The summed E-state index contributed by atoms with van der Waals surface area (Å²) >= 11 is 0. The second-order valence-corrected chi connectivity index (χ2v) is 6.21. The quantitative estimate of drug-likeness (QED) is 0.451. The molecule has 0 radical (unpaired) electrons. The summed E-state index contributed by atoms with van der Waals surface area (Å²) in [6.45, 7) is 4.77. The van der Waals surface area contributed by atoms with E-state index in [-0.39, 0.29) is 5.78 Å². The average molecular weight is 339 g/mol. The van der Waals surface area contributed by atoms with E-state index in [2.05, 4.69) is 24.4 Å². The Kier molecular flexibility index (Phi) is 8.78. The molecule has 0 spiro atoms. The molecule has 134 valence electrons. The van der Waals surface area contributed by atoms with Gasteiger partial charge < -0.3 is 10.1 Å². The minimum Gasteiger partial charge on any atom is -0.493 e. The molecule has 2 rings (SSSR count). The molecule has 2 aromatic carbocycles. The maximum Gasteiger partial charge on any atom is 0.166 e. The summed E-state index contributed by atoms with van der Waals surface area (Å²) in [5, 5.41) is 3.36. The normalized spacial score (nSPS) is 10.6. The van der Waals surface area contributed by atoms with Crippen LogP contribution in [0.1, 0.15) is 48.5 Å². The highest BCUT2D eigenvalue weighted by molar-refractivity contribution is 5.98. The van der Waals surface area contributed by atoms with E-state index in [4.69, 9.17) is 4.74 Å².